The molecule has 0 aliphatic carbocycles. The first-order chi connectivity index (χ1) is 5.29. The Bertz CT molecular complexity index is 222. The Morgan fingerprint density at radius 2 is 2.73 bits per heavy atom. The van der Waals surface area contributed by atoms with Gasteiger partial charge in [-0.05, 0) is 24.9 Å². The molecule has 5 heteroatoms. The third-order valence-corrected chi connectivity index (χ3v) is 1.71. The number of carbonyl (C=O) groups is 1. The first-order valence-corrected chi connectivity index (χ1v) is 3.99. The summed E-state index contributed by atoms with van der Waals surface area (Å²) in [5, 5.41) is 7.41. The summed E-state index contributed by atoms with van der Waals surface area (Å²) in [5.41, 5.74) is 0. The minimum absolute atomic E-state index is 0.122. The normalized spacial score (nSPS) is 9.91. The molecule has 0 spiro atoms. The van der Waals surface area contributed by atoms with E-state index in [0.29, 0.717) is 6.54 Å². The van der Waals surface area contributed by atoms with Crippen LogP contribution in [0.25, 0.3) is 0 Å². The van der Waals surface area contributed by atoms with E-state index in [9.17, 15) is 4.79 Å². The van der Waals surface area contributed by atoms with Gasteiger partial charge in [-0.3, -0.25) is 14.6 Å². The smallest absolute Gasteiger partial charge is 0.144 e. The van der Waals surface area contributed by atoms with Gasteiger partial charge in [0.05, 0.1) is 6.54 Å². The third-order valence-electron chi connectivity index (χ3n) is 0.978. The summed E-state index contributed by atoms with van der Waals surface area (Å²) in [4.78, 5) is 10.5. The average molecular weight is 171 g/mol. The van der Waals surface area contributed by atoms with Gasteiger partial charge in [0.2, 0.25) is 0 Å². The van der Waals surface area contributed by atoms with Gasteiger partial charge in [0.25, 0.3) is 0 Å². The number of nitrogens with zero attached hydrogens (tertiary/aromatic N) is 1. The Hall–Kier alpha value is -0.810. The molecule has 0 saturated carbocycles. The first kappa shape index (κ1) is 8.29. The summed E-state index contributed by atoms with van der Waals surface area (Å²) in [7, 11) is 0. The fourth-order valence-electron chi connectivity index (χ4n) is 0.515. The van der Waals surface area contributed by atoms with Crippen molar-refractivity contribution in [3.05, 3.63) is 12.3 Å². The van der Waals surface area contributed by atoms with Crippen LogP contribution in [0.15, 0.2) is 17.3 Å². The van der Waals surface area contributed by atoms with Crippen molar-refractivity contribution in [3.8, 4) is 0 Å². The molecule has 0 radical (unpaired) electrons. The summed E-state index contributed by atoms with van der Waals surface area (Å²) >= 11 is 1.37. The van der Waals surface area contributed by atoms with Gasteiger partial charge in [-0.15, -0.1) is 0 Å². The molecular formula is C6H9N3OS. The number of hydrogen-bond donors (Lipinski definition) is 2. The number of rotatable bonds is 4. The lowest BCUT2D eigenvalue weighted by Gasteiger charge is -1.96. The molecule has 2 N–H and O–H groups in total. The second-order valence-electron chi connectivity index (χ2n) is 2.05. The van der Waals surface area contributed by atoms with Crippen molar-refractivity contribution < 1.29 is 4.79 Å². The number of hydrogen-bond acceptors (Lipinski definition) is 4. The summed E-state index contributed by atoms with van der Waals surface area (Å²) in [5.74, 6) is 0.122. The predicted molar refractivity (Wildman–Crippen MR) is 43.1 cm³/mol. The molecule has 60 valence electrons. The molecule has 0 aliphatic rings. The molecule has 1 rings (SSSR count). The van der Waals surface area contributed by atoms with Crippen molar-refractivity contribution in [2.75, 3.05) is 6.54 Å². The highest BCUT2D eigenvalue weighted by Gasteiger charge is 1.94. The van der Waals surface area contributed by atoms with Crippen molar-refractivity contribution in [3.63, 3.8) is 0 Å². The van der Waals surface area contributed by atoms with Crippen LogP contribution in [0.4, 0.5) is 0 Å². The SMILES string of the molecule is CC(=O)CNSc1ccn[nH]1. The Morgan fingerprint density at radius 1 is 1.91 bits per heavy atom. The van der Waals surface area contributed by atoms with E-state index in [2.05, 4.69) is 14.9 Å². The highest BCUT2D eigenvalue weighted by molar-refractivity contribution is 7.97. The predicted octanol–water partition coefficient (Wildman–Crippen LogP) is 0.595. The van der Waals surface area contributed by atoms with Crippen LogP contribution in [0.5, 0.6) is 0 Å². The highest BCUT2D eigenvalue weighted by Crippen LogP contribution is 2.07. The summed E-state index contributed by atoms with van der Waals surface area (Å²) in [6, 6.07) is 1.83. The van der Waals surface area contributed by atoms with Gasteiger partial charge in [-0.2, -0.15) is 5.10 Å². The minimum atomic E-state index is 0.122. The monoisotopic (exact) mass is 171 g/mol. The van der Waals surface area contributed by atoms with Gasteiger partial charge in [0.1, 0.15) is 10.8 Å². The maximum atomic E-state index is 10.5. The topological polar surface area (TPSA) is 57.8 Å². The van der Waals surface area contributed by atoms with Crippen molar-refractivity contribution in [1.82, 2.24) is 14.9 Å². The number of nitrogens with one attached hydrogen (secondary N) is 2. The molecule has 4 nitrogen and oxygen atoms in total. The number of aromatic amines is 1. The van der Waals surface area contributed by atoms with E-state index in [1.807, 2.05) is 6.07 Å². The van der Waals surface area contributed by atoms with E-state index >= 15 is 0 Å². The number of Topliss-reactive ketones (excluding diaryl/α,β-unsaturated/α-hetero) is 1. The van der Waals surface area contributed by atoms with Gasteiger partial charge < -0.3 is 0 Å². The van der Waals surface area contributed by atoms with E-state index in [4.69, 9.17) is 0 Å². The summed E-state index contributed by atoms with van der Waals surface area (Å²) in [6.07, 6.45) is 1.66. The van der Waals surface area contributed by atoms with Gasteiger partial charge in [0.15, 0.2) is 0 Å². The van der Waals surface area contributed by atoms with Crippen LogP contribution in [0, 0.1) is 0 Å². The zero-order valence-corrected chi connectivity index (χ0v) is 6.94. The maximum absolute atomic E-state index is 10.5. The molecule has 11 heavy (non-hydrogen) atoms. The Morgan fingerprint density at radius 3 is 3.27 bits per heavy atom. The van der Waals surface area contributed by atoms with Crippen LogP contribution in [-0.4, -0.2) is 22.5 Å². The lowest BCUT2D eigenvalue weighted by molar-refractivity contribution is -0.115. The lowest BCUT2D eigenvalue weighted by atomic mass is 10.5. The Balaban J connectivity index is 2.19. The fourth-order valence-corrected chi connectivity index (χ4v) is 1.17. The molecule has 1 heterocycles. The Kier molecular flexibility index (Phi) is 3.13. The van der Waals surface area contributed by atoms with Crippen LogP contribution in [0.3, 0.4) is 0 Å². The van der Waals surface area contributed by atoms with Gasteiger partial charge in [0, 0.05) is 6.20 Å². The molecular weight excluding hydrogens is 162 g/mol. The average Bonchev–Trinajstić information content (AvgIpc) is 2.39. The molecule has 1 aromatic rings. The number of ketones is 1. The van der Waals surface area contributed by atoms with Crippen molar-refractivity contribution in [2.45, 2.75) is 11.9 Å². The zero-order chi connectivity index (χ0) is 8.10. The van der Waals surface area contributed by atoms with Crippen LogP contribution in [0.2, 0.25) is 0 Å². The van der Waals surface area contributed by atoms with E-state index < -0.39 is 0 Å². The zero-order valence-electron chi connectivity index (χ0n) is 6.13. The maximum Gasteiger partial charge on any atom is 0.144 e. The molecule has 0 atom stereocenters. The summed E-state index contributed by atoms with van der Waals surface area (Å²) < 4.78 is 2.88. The third kappa shape index (κ3) is 3.20. The van der Waals surface area contributed by atoms with Gasteiger partial charge in [-0.25, -0.2) is 0 Å². The second-order valence-corrected chi connectivity index (χ2v) is 2.98. The Labute approximate surface area is 68.9 Å². The quantitative estimate of drug-likeness (QED) is 0.651. The first-order valence-electron chi connectivity index (χ1n) is 3.17. The van der Waals surface area contributed by atoms with E-state index in [0.717, 1.165) is 5.03 Å². The van der Waals surface area contributed by atoms with E-state index in [1.54, 1.807) is 13.1 Å². The van der Waals surface area contributed by atoms with E-state index in [1.165, 1.54) is 11.9 Å². The number of aromatic nitrogens is 2. The standard InChI is InChI=1S/C6H9N3OS/c1-5(10)4-8-11-6-2-3-7-9-6/h2-3,8H,4H2,1H3,(H,7,9). The molecule has 0 bridgehead atoms. The van der Waals surface area contributed by atoms with Gasteiger partial charge in [-0.1, -0.05) is 0 Å². The summed E-state index contributed by atoms with van der Waals surface area (Å²) in [6.45, 7) is 1.92. The fraction of sp³-hybridized carbons (Fsp3) is 0.333. The molecule has 0 saturated heterocycles. The molecule has 0 fully saturated rings. The van der Waals surface area contributed by atoms with Crippen molar-refractivity contribution in [1.29, 1.82) is 0 Å². The molecule has 0 amide bonds. The van der Waals surface area contributed by atoms with Gasteiger partial charge >= 0.3 is 0 Å². The second kappa shape index (κ2) is 4.15. The molecule has 0 aliphatic heterocycles. The van der Waals surface area contributed by atoms with Crippen molar-refractivity contribution >= 4 is 17.7 Å². The van der Waals surface area contributed by atoms with Crippen LogP contribution in [-0.2, 0) is 4.79 Å². The molecule has 0 aromatic carbocycles. The minimum Gasteiger partial charge on any atom is -0.299 e. The largest absolute Gasteiger partial charge is 0.299 e. The molecule has 1 aromatic heterocycles. The van der Waals surface area contributed by atoms with Crippen LogP contribution >= 0.6 is 11.9 Å². The molecule has 0 unspecified atom stereocenters. The highest BCUT2D eigenvalue weighted by atomic mass is 32.2. The van der Waals surface area contributed by atoms with Crippen LogP contribution < -0.4 is 4.72 Å². The van der Waals surface area contributed by atoms with Crippen LogP contribution in [0.1, 0.15) is 6.92 Å². The van der Waals surface area contributed by atoms with Crippen molar-refractivity contribution in [2.24, 2.45) is 0 Å². The lowest BCUT2D eigenvalue weighted by Crippen LogP contribution is -2.13. The number of carbonyl (C=O) groups excluding carboxylic acids is 1. The van der Waals surface area contributed by atoms with E-state index in [-0.39, 0.29) is 5.78 Å². The number of H-pyrrole nitrogens is 1.